The Morgan fingerprint density at radius 2 is 1.65 bits per heavy atom. The van der Waals surface area contributed by atoms with Crippen LogP contribution in [0.2, 0.25) is 0 Å². The van der Waals surface area contributed by atoms with Gasteiger partial charge in [-0.25, -0.2) is 0 Å². The number of rotatable bonds is 9. The molecule has 2 aromatic rings. The summed E-state index contributed by atoms with van der Waals surface area (Å²) in [6.45, 7) is 3.82. The molecule has 1 N–H and O–H groups in total. The van der Waals surface area contributed by atoms with Crippen LogP contribution >= 0.6 is 0 Å². The van der Waals surface area contributed by atoms with Gasteiger partial charge in [0.25, 0.3) is 5.91 Å². The Bertz CT molecular complexity index is 1010. The highest BCUT2D eigenvalue weighted by Crippen LogP contribution is 2.16. The summed E-state index contributed by atoms with van der Waals surface area (Å²) in [5, 5.41) is 11.7. The van der Waals surface area contributed by atoms with E-state index in [1.165, 1.54) is 0 Å². The van der Waals surface area contributed by atoms with E-state index in [1.54, 1.807) is 17.0 Å². The third-order valence-corrected chi connectivity index (χ3v) is 5.86. The van der Waals surface area contributed by atoms with Crippen LogP contribution < -0.4 is 10.2 Å². The molecule has 8 nitrogen and oxygen atoms in total. The van der Waals surface area contributed by atoms with Crippen molar-refractivity contribution in [3.8, 4) is 6.07 Å². The second-order valence-corrected chi connectivity index (χ2v) is 8.36. The lowest BCUT2D eigenvalue weighted by atomic mass is 10.1. The molecule has 8 heteroatoms. The quantitative estimate of drug-likeness (QED) is 0.619. The maximum absolute atomic E-state index is 12.7. The SMILES string of the molecule is CN1CCN(C(=O)c2ccc(CNC(=O)CCC(=O)N(CCC#N)c3ccccc3)cc2)CC1. The molecular formula is C26H31N5O3. The highest BCUT2D eigenvalue weighted by Gasteiger charge is 2.20. The molecule has 3 rings (SSSR count). The molecule has 0 bridgehead atoms. The van der Waals surface area contributed by atoms with Gasteiger partial charge in [-0.05, 0) is 36.9 Å². The number of hydrogen-bond donors (Lipinski definition) is 1. The number of carbonyl (C=O) groups is 3. The number of nitrogens with zero attached hydrogens (tertiary/aromatic N) is 4. The molecular weight excluding hydrogens is 430 g/mol. The van der Waals surface area contributed by atoms with E-state index < -0.39 is 0 Å². The van der Waals surface area contributed by atoms with Crippen molar-refractivity contribution in [2.75, 3.05) is 44.7 Å². The minimum atomic E-state index is -0.223. The molecule has 1 fully saturated rings. The number of piperazine rings is 1. The van der Waals surface area contributed by atoms with E-state index in [2.05, 4.69) is 23.3 Å². The summed E-state index contributed by atoms with van der Waals surface area (Å²) in [6, 6.07) is 18.5. The lowest BCUT2D eigenvalue weighted by Gasteiger charge is -2.32. The summed E-state index contributed by atoms with van der Waals surface area (Å²) in [5.41, 5.74) is 2.24. The molecule has 1 aliphatic rings. The Morgan fingerprint density at radius 1 is 0.971 bits per heavy atom. The third kappa shape index (κ3) is 7.15. The van der Waals surface area contributed by atoms with Crippen molar-refractivity contribution in [2.24, 2.45) is 0 Å². The monoisotopic (exact) mass is 461 g/mol. The average molecular weight is 462 g/mol. The Labute approximate surface area is 200 Å². The molecule has 0 unspecified atom stereocenters. The van der Waals surface area contributed by atoms with Gasteiger partial charge >= 0.3 is 0 Å². The molecule has 178 valence electrons. The molecule has 34 heavy (non-hydrogen) atoms. The van der Waals surface area contributed by atoms with Gasteiger partial charge < -0.3 is 20.0 Å². The Morgan fingerprint density at radius 3 is 2.29 bits per heavy atom. The fraction of sp³-hybridized carbons (Fsp3) is 0.385. The van der Waals surface area contributed by atoms with Crippen LogP contribution in [0.25, 0.3) is 0 Å². The number of nitrogens with one attached hydrogen (secondary N) is 1. The van der Waals surface area contributed by atoms with Crippen molar-refractivity contribution < 1.29 is 14.4 Å². The van der Waals surface area contributed by atoms with E-state index >= 15 is 0 Å². The number of para-hydroxylation sites is 1. The molecule has 0 radical (unpaired) electrons. The lowest BCUT2D eigenvalue weighted by Crippen LogP contribution is -2.47. The van der Waals surface area contributed by atoms with Gasteiger partial charge in [0.05, 0.1) is 12.5 Å². The van der Waals surface area contributed by atoms with Crippen LogP contribution in [0.4, 0.5) is 5.69 Å². The van der Waals surface area contributed by atoms with Crippen LogP contribution in [0.3, 0.4) is 0 Å². The molecule has 3 amide bonds. The Balaban J connectivity index is 1.45. The first kappa shape index (κ1) is 24.9. The second-order valence-electron chi connectivity index (χ2n) is 8.36. The van der Waals surface area contributed by atoms with E-state index in [9.17, 15) is 14.4 Å². The molecule has 0 saturated carbocycles. The van der Waals surface area contributed by atoms with E-state index in [0.29, 0.717) is 18.7 Å². The van der Waals surface area contributed by atoms with Crippen molar-refractivity contribution >= 4 is 23.4 Å². The zero-order valence-corrected chi connectivity index (χ0v) is 19.6. The standard InChI is InChI=1S/C26H31N5O3/c1-29-16-18-30(19-17-29)26(34)22-10-8-21(9-11-22)20-28-24(32)12-13-25(33)31(15-5-14-27)23-6-3-2-4-7-23/h2-4,6-11H,5,12-13,15-20H2,1H3,(H,28,32). The Kier molecular flexibility index (Phi) is 9.18. The summed E-state index contributed by atoms with van der Waals surface area (Å²) in [5.74, 6) is -0.385. The van der Waals surface area contributed by atoms with Gasteiger partial charge in [0.15, 0.2) is 0 Å². The first-order chi connectivity index (χ1) is 16.5. The van der Waals surface area contributed by atoms with E-state index in [0.717, 1.165) is 37.4 Å². The van der Waals surface area contributed by atoms with Crippen molar-refractivity contribution in [3.05, 3.63) is 65.7 Å². The fourth-order valence-corrected chi connectivity index (χ4v) is 3.77. The maximum atomic E-state index is 12.7. The minimum Gasteiger partial charge on any atom is -0.352 e. The molecule has 2 aromatic carbocycles. The summed E-state index contributed by atoms with van der Waals surface area (Å²) in [4.78, 5) is 43.2. The number of benzene rings is 2. The number of carbonyl (C=O) groups excluding carboxylic acids is 3. The van der Waals surface area contributed by atoms with Crippen LogP contribution in [-0.2, 0) is 16.1 Å². The van der Waals surface area contributed by atoms with Gasteiger partial charge in [-0.1, -0.05) is 30.3 Å². The first-order valence-electron chi connectivity index (χ1n) is 11.5. The van der Waals surface area contributed by atoms with Gasteiger partial charge in [0, 0.05) is 63.4 Å². The van der Waals surface area contributed by atoms with E-state index in [4.69, 9.17) is 5.26 Å². The van der Waals surface area contributed by atoms with Crippen LogP contribution in [0.15, 0.2) is 54.6 Å². The number of nitriles is 1. The molecule has 0 aromatic heterocycles. The second kappa shape index (κ2) is 12.5. The van der Waals surface area contributed by atoms with E-state index in [1.807, 2.05) is 47.4 Å². The number of anilines is 1. The largest absolute Gasteiger partial charge is 0.352 e. The molecule has 1 aliphatic heterocycles. The average Bonchev–Trinajstić information content (AvgIpc) is 2.87. The summed E-state index contributed by atoms with van der Waals surface area (Å²) in [7, 11) is 2.05. The zero-order valence-electron chi connectivity index (χ0n) is 19.6. The number of hydrogen-bond acceptors (Lipinski definition) is 5. The maximum Gasteiger partial charge on any atom is 0.253 e. The van der Waals surface area contributed by atoms with Crippen LogP contribution in [-0.4, -0.2) is 67.3 Å². The molecule has 1 saturated heterocycles. The number of likely N-dealkylation sites (N-methyl/N-ethyl adjacent to an activating group) is 1. The first-order valence-corrected chi connectivity index (χ1v) is 11.5. The van der Waals surface area contributed by atoms with Crippen molar-refractivity contribution in [1.29, 1.82) is 5.26 Å². The highest BCUT2D eigenvalue weighted by atomic mass is 16.2. The molecule has 0 aliphatic carbocycles. The van der Waals surface area contributed by atoms with Gasteiger partial charge in [-0.3, -0.25) is 14.4 Å². The molecule has 0 spiro atoms. The Hall–Kier alpha value is -3.70. The minimum absolute atomic E-state index is 0.0292. The normalized spacial score (nSPS) is 13.7. The number of amides is 3. The van der Waals surface area contributed by atoms with Crippen LogP contribution in [0.5, 0.6) is 0 Å². The van der Waals surface area contributed by atoms with Gasteiger partial charge in [-0.15, -0.1) is 0 Å². The predicted molar refractivity (Wildman–Crippen MR) is 130 cm³/mol. The third-order valence-electron chi connectivity index (χ3n) is 5.86. The van der Waals surface area contributed by atoms with Crippen LogP contribution in [0.1, 0.15) is 35.2 Å². The van der Waals surface area contributed by atoms with Crippen LogP contribution in [0, 0.1) is 11.3 Å². The summed E-state index contributed by atoms with van der Waals surface area (Å²) < 4.78 is 0. The zero-order chi connectivity index (χ0) is 24.3. The lowest BCUT2D eigenvalue weighted by molar-refractivity contribution is -0.125. The van der Waals surface area contributed by atoms with Gasteiger partial charge in [0.2, 0.25) is 11.8 Å². The molecule has 1 heterocycles. The smallest absolute Gasteiger partial charge is 0.253 e. The summed E-state index contributed by atoms with van der Waals surface area (Å²) >= 11 is 0. The van der Waals surface area contributed by atoms with Crippen molar-refractivity contribution in [1.82, 2.24) is 15.1 Å². The van der Waals surface area contributed by atoms with Crippen molar-refractivity contribution in [3.63, 3.8) is 0 Å². The van der Waals surface area contributed by atoms with Gasteiger partial charge in [0.1, 0.15) is 0 Å². The van der Waals surface area contributed by atoms with Crippen molar-refractivity contribution in [2.45, 2.75) is 25.8 Å². The molecule has 0 atom stereocenters. The topological polar surface area (TPSA) is 96.8 Å². The predicted octanol–water partition coefficient (Wildman–Crippen LogP) is 2.42. The summed E-state index contributed by atoms with van der Waals surface area (Å²) in [6.07, 6.45) is 0.347. The van der Waals surface area contributed by atoms with E-state index in [-0.39, 0.29) is 37.0 Å². The fourth-order valence-electron chi connectivity index (χ4n) is 3.77. The van der Waals surface area contributed by atoms with Gasteiger partial charge in [-0.2, -0.15) is 5.26 Å². The highest BCUT2D eigenvalue weighted by molar-refractivity contribution is 5.95.